The van der Waals surface area contributed by atoms with E-state index in [4.69, 9.17) is 28.9 Å². The fraction of sp³-hybridized carbons (Fsp3) is 0.280. The number of amides is 1. The first-order chi connectivity index (χ1) is 17.0. The second-order valence-corrected chi connectivity index (χ2v) is 9.16. The number of hydrogen-bond acceptors (Lipinski definition) is 4. The fourth-order valence-corrected chi connectivity index (χ4v) is 4.59. The second kappa shape index (κ2) is 11.5. The fourth-order valence-electron chi connectivity index (χ4n) is 4.28. The Morgan fingerprint density at radius 3 is 2.53 bits per heavy atom. The van der Waals surface area contributed by atoms with Crippen LogP contribution < -0.4 is 5.73 Å². The SMILES string of the molecule is C=C/N=C(\C=C/N)C(=O)N1C[C@H](c2ccc(Cl)c(Cl)c2)[C@@H](N(C)Cc2ccc(C(F)(F)F)c(F)c2)C1. The molecule has 2 atom stereocenters. The third-order valence-electron chi connectivity index (χ3n) is 5.99. The largest absolute Gasteiger partial charge is 0.419 e. The van der Waals surface area contributed by atoms with Gasteiger partial charge in [-0.1, -0.05) is 41.9 Å². The average Bonchev–Trinajstić information content (AvgIpc) is 3.25. The maximum absolute atomic E-state index is 14.1. The Balaban J connectivity index is 1.91. The molecule has 1 aliphatic rings. The van der Waals surface area contributed by atoms with Gasteiger partial charge in [-0.05, 0) is 54.7 Å². The van der Waals surface area contributed by atoms with E-state index in [9.17, 15) is 22.4 Å². The van der Waals surface area contributed by atoms with Crippen molar-refractivity contribution in [1.29, 1.82) is 0 Å². The molecule has 1 aliphatic heterocycles. The zero-order valence-corrected chi connectivity index (χ0v) is 20.8. The van der Waals surface area contributed by atoms with Crippen molar-refractivity contribution in [2.45, 2.75) is 24.7 Å². The summed E-state index contributed by atoms with van der Waals surface area (Å²) in [6.07, 6.45) is -0.958. The normalized spacial score (nSPS) is 18.9. The van der Waals surface area contributed by atoms with Crippen LogP contribution in [0.1, 0.15) is 22.6 Å². The van der Waals surface area contributed by atoms with Gasteiger partial charge in [0.05, 0.1) is 15.6 Å². The molecule has 0 aromatic heterocycles. The van der Waals surface area contributed by atoms with Gasteiger partial charge in [0.1, 0.15) is 11.5 Å². The van der Waals surface area contributed by atoms with Gasteiger partial charge in [-0.2, -0.15) is 13.2 Å². The third-order valence-corrected chi connectivity index (χ3v) is 6.73. The summed E-state index contributed by atoms with van der Waals surface area (Å²) in [4.78, 5) is 20.6. The number of carbonyl (C=O) groups is 1. The predicted octanol–water partition coefficient (Wildman–Crippen LogP) is 5.63. The number of hydrogen-bond donors (Lipinski definition) is 1. The number of aliphatic imine (C=N–C) groups is 1. The maximum atomic E-state index is 14.1. The van der Waals surface area contributed by atoms with Gasteiger partial charge in [0.25, 0.3) is 5.91 Å². The van der Waals surface area contributed by atoms with E-state index in [-0.39, 0.29) is 36.7 Å². The molecule has 36 heavy (non-hydrogen) atoms. The molecule has 0 unspecified atom stereocenters. The minimum atomic E-state index is -4.78. The number of halogens is 6. The monoisotopic (exact) mass is 542 g/mol. The predicted molar refractivity (Wildman–Crippen MR) is 133 cm³/mol. The van der Waals surface area contributed by atoms with Crippen molar-refractivity contribution in [2.75, 3.05) is 20.1 Å². The molecular weight excluding hydrogens is 519 g/mol. The van der Waals surface area contributed by atoms with E-state index in [1.807, 2.05) is 11.0 Å². The molecule has 3 rings (SSSR count). The van der Waals surface area contributed by atoms with Crippen LogP contribution in [-0.4, -0.2) is 47.6 Å². The van der Waals surface area contributed by atoms with Gasteiger partial charge in [0.15, 0.2) is 0 Å². The van der Waals surface area contributed by atoms with E-state index in [0.29, 0.717) is 22.2 Å². The van der Waals surface area contributed by atoms with Gasteiger partial charge in [-0.25, -0.2) is 4.39 Å². The molecule has 2 aromatic carbocycles. The molecule has 1 heterocycles. The molecule has 2 aromatic rings. The van der Waals surface area contributed by atoms with Crippen molar-refractivity contribution in [3.05, 3.63) is 94.0 Å². The minimum Gasteiger partial charge on any atom is -0.405 e. The van der Waals surface area contributed by atoms with E-state index >= 15 is 0 Å². The van der Waals surface area contributed by atoms with Gasteiger partial charge < -0.3 is 10.6 Å². The molecule has 0 aliphatic carbocycles. The van der Waals surface area contributed by atoms with Crippen molar-refractivity contribution >= 4 is 34.8 Å². The first-order valence-corrected chi connectivity index (χ1v) is 11.6. The van der Waals surface area contributed by atoms with Crippen LogP contribution in [-0.2, 0) is 17.5 Å². The molecule has 1 fully saturated rings. The minimum absolute atomic E-state index is 0.105. The summed E-state index contributed by atoms with van der Waals surface area (Å²) in [5.41, 5.74) is 5.43. The Bertz CT molecular complexity index is 1200. The number of benzene rings is 2. The lowest BCUT2D eigenvalue weighted by Gasteiger charge is -2.29. The number of likely N-dealkylation sites (N-methyl/N-ethyl adjacent to an activating group) is 1. The first kappa shape index (κ1) is 27.7. The summed E-state index contributed by atoms with van der Waals surface area (Å²) >= 11 is 12.3. The number of alkyl halides is 3. The van der Waals surface area contributed by atoms with Crippen LogP contribution in [0.2, 0.25) is 10.0 Å². The maximum Gasteiger partial charge on any atom is 0.419 e. The second-order valence-electron chi connectivity index (χ2n) is 8.34. The Morgan fingerprint density at radius 1 is 1.22 bits per heavy atom. The molecule has 0 bridgehead atoms. The molecule has 2 N–H and O–H groups in total. The summed E-state index contributed by atoms with van der Waals surface area (Å²) < 4.78 is 53.0. The summed E-state index contributed by atoms with van der Waals surface area (Å²) in [6.45, 7) is 4.25. The van der Waals surface area contributed by atoms with E-state index in [1.54, 1.807) is 24.1 Å². The van der Waals surface area contributed by atoms with E-state index < -0.39 is 17.6 Å². The van der Waals surface area contributed by atoms with Gasteiger partial charge in [-0.15, -0.1) is 0 Å². The quantitative estimate of drug-likeness (QED) is 0.364. The average molecular weight is 543 g/mol. The van der Waals surface area contributed by atoms with E-state index in [2.05, 4.69) is 11.6 Å². The highest BCUT2D eigenvalue weighted by Gasteiger charge is 2.39. The van der Waals surface area contributed by atoms with Crippen LogP contribution in [0.4, 0.5) is 17.6 Å². The molecule has 0 spiro atoms. The van der Waals surface area contributed by atoms with Crippen molar-refractivity contribution in [3.8, 4) is 0 Å². The van der Waals surface area contributed by atoms with Crippen molar-refractivity contribution in [3.63, 3.8) is 0 Å². The first-order valence-electron chi connectivity index (χ1n) is 10.8. The van der Waals surface area contributed by atoms with Gasteiger partial charge in [0.2, 0.25) is 0 Å². The van der Waals surface area contributed by atoms with Crippen molar-refractivity contribution in [1.82, 2.24) is 9.80 Å². The lowest BCUT2D eigenvalue weighted by Crippen LogP contribution is -2.39. The summed E-state index contributed by atoms with van der Waals surface area (Å²) in [7, 11) is 1.76. The molecular formula is C25H24Cl2F4N4O. The Hall–Kier alpha value is -2.88. The van der Waals surface area contributed by atoms with Crippen LogP contribution in [0.3, 0.4) is 0 Å². The van der Waals surface area contributed by atoms with Crippen LogP contribution in [0.15, 0.2) is 66.4 Å². The van der Waals surface area contributed by atoms with Crippen LogP contribution in [0.25, 0.3) is 0 Å². The lowest BCUT2D eigenvalue weighted by atomic mass is 9.93. The van der Waals surface area contributed by atoms with Crippen molar-refractivity contribution in [2.24, 2.45) is 10.7 Å². The molecule has 5 nitrogen and oxygen atoms in total. The zero-order valence-electron chi connectivity index (χ0n) is 19.3. The summed E-state index contributed by atoms with van der Waals surface area (Å²) in [6, 6.07) is 7.78. The van der Waals surface area contributed by atoms with Crippen LogP contribution >= 0.6 is 23.2 Å². The van der Waals surface area contributed by atoms with Crippen LogP contribution in [0, 0.1) is 5.82 Å². The number of nitrogens with zero attached hydrogens (tertiary/aromatic N) is 3. The smallest absolute Gasteiger partial charge is 0.405 e. The van der Waals surface area contributed by atoms with Gasteiger partial charge >= 0.3 is 6.18 Å². The number of rotatable bonds is 7. The van der Waals surface area contributed by atoms with Gasteiger partial charge in [-0.3, -0.25) is 14.7 Å². The number of carbonyl (C=O) groups excluding carboxylic acids is 1. The molecule has 11 heteroatoms. The highest BCUT2D eigenvalue weighted by Crippen LogP contribution is 2.36. The highest BCUT2D eigenvalue weighted by molar-refractivity contribution is 6.43. The number of likely N-dealkylation sites (tertiary alicyclic amines) is 1. The summed E-state index contributed by atoms with van der Waals surface area (Å²) in [5, 5.41) is 0.732. The summed E-state index contributed by atoms with van der Waals surface area (Å²) in [5.74, 6) is -1.92. The number of nitrogens with two attached hydrogens (primary N) is 1. The molecule has 1 saturated heterocycles. The highest BCUT2D eigenvalue weighted by atomic mass is 35.5. The van der Waals surface area contributed by atoms with E-state index in [0.717, 1.165) is 17.7 Å². The van der Waals surface area contributed by atoms with Crippen LogP contribution in [0.5, 0.6) is 0 Å². The van der Waals surface area contributed by atoms with E-state index in [1.165, 1.54) is 24.5 Å². The Kier molecular flexibility index (Phi) is 8.81. The molecule has 0 radical (unpaired) electrons. The Morgan fingerprint density at radius 2 is 1.94 bits per heavy atom. The third kappa shape index (κ3) is 6.27. The zero-order chi connectivity index (χ0) is 26.6. The van der Waals surface area contributed by atoms with Crippen molar-refractivity contribution < 1.29 is 22.4 Å². The standard InChI is InChI=1S/C25H24Cl2F4N4O/c1-3-33-22(8-9-32)24(36)35-13-17(16-5-7-19(26)20(27)11-16)23(14-35)34(2)12-15-4-6-18(21(28)10-15)25(29,30)31/h3-11,17,23H,1,12-14,32H2,2H3/b9-8-,33-22+/t17-,23+/m1/s1. The lowest BCUT2D eigenvalue weighted by molar-refractivity contribution is -0.140. The Labute approximate surface area is 216 Å². The topological polar surface area (TPSA) is 61.9 Å². The van der Waals surface area contributed by atoms with Gasteiger partial charge in [0, 0.05) is 37.8 Å². The molecule has 0 saturated carbocycles. The molecule has 192 valence electrons. The molecule has 1 amide bonds.